The first-order chi connectivity index (χ1) is 9.72. The molecule has 1 atom stereocenters. The summed E-state index contributed by atoms with van der Waals surface area (Å²) in [6.07, 6.45) is 0. The molecule has 0 aromatic heterocycles. The van der Waals surface area contributed by atoms with Gasteiger partial charge in [0.15, 0.2) is 0 Å². The van der Waals surface area contributed by atoms with Crippen molar-refractivity contribution in [2.45, 2.75) is 19.6 Å². The van der Waals surface area contributed by atoms with Gasteiger partial charge >= 0.3 is 0 Å². The van der Waals surface area contributed by atoms with Gasteiger partial charge in [0.25, 0.3) is 0 Å². The van der Waals surface area contributed by atoms with Gasteiger partial charge in [-0.3, -0.25) is 9.69 Å². The molecular weight excluding hydrogens is 254 g/mol. The fourth-order valence-electron chi connectivity index (χ4n) is 2.40. The third-order valence-corrected chi connectivity index (χ3v) is 3.65. The number of para-hydroxylation sites is 1. The second-order valence-corrected chi connectivity index (χ2v) is 5.04. The van der Waals surface area contributed by atoms with E-state index in [1.54, 1.807) is 7.11 Å². The number of carbonyl (C=O) groups is 1. The number of anilines is 1. The molecule has 1 amide bonds. The minimum atomic E-state index is -0.118. The standard InChI is InChI=1S/C15H23N3O2/c1-12(18-9-7-16-8-10-18)15(19)17-14-6-4-3-5-13(14)11-20-2/h3-6,12,16H,7-11H2,1-2H3,(H,17,19). The van der Waals surface area contributed by atoms with Gasteiger partial charge in [-0.25, -0.2) is 0 Å². The van der Waals surface area contributed by atoms with Gasteiger partial charge in [-0.1, -0.05) is 18.2 Å². The predicted octanol–water partition coefficient (Wildman–Crippen LogP) is 1.07. The molecular formula is C15H23N3O2. The van der Waals surface area contributed by atoms with E-state index in [2.05, 4.69) is 15.5 Å². The molecule has 110 valence electrons. The zero-order chi connectivity index (χ0) is 14.4. The molecule has 1 aliphatic rings. The quantitative estimate of drug-likeness (QED) is 0.845. The maximum absolute atomic E-state index is 12.4. The first kappa shape index (κ1) is 15.0. The largest absolute Gasteiger partial charge is 0.380 e. The van der Waals surface area contributed by atoms with E-state index in [4.69, 9.17) is 4.74 Å². The van der Waals surface area contributed by atoms with E-state index in [9.17, 15) is 4.79 Å². The molecule has 5 nitrogen and oxygen atoms in total. The van der Waals surface area contributed by atoms with Crippen LogP contribution in [0, 0.1) is 0 Å². The van der Waals surface area contributed by atoms with Crippen LogP contribution in [0.4, 0.5) is 5.69 Å². The van der Waals surface area contributed by atoms with Crippen molar-refractivity contribution in [2.24, 2.45) is 0 Å². The van der Waals surface area contributed by atoms with Crippen molar-refractivity contribution in [2.75, 3.05) is 38.6 Å². The molecule has 1 unspecified atom stereocenters. The van der Waals surface area contributed by atoms with E-state index < -0.39 is 0 Å². The fourth-order valence-corrected chi connectivity index (χ4v) is 2.40. The normalized spacial score (nSPS) is 17.7. The molecule has 0 saturated carbocycles. The highest BCUT2D eigenvalue weighted by atomic mass is 16.5. The minimum Gasteiger partial charge on any atom is -0.380 e. The summed E-state index contributed by atoms with van der Waals surface area (Å²) in [5, 5.41) is 6.31. The number of benzene rings is 1. The molecule has 1 aliphatic heterocycles. The molecule has 0 bridgehead atoms. The lowest BCUT2D eigenvalue weighted by Gasteiger charge is -2.32. The summed E-state index contributed by atoms with van der Waals surface area (Å²) >= 11 is 0. The third kappa shape index (κ3) is 3.79. The SMILES string of the molecule is COCc1ccccc1NC(=O)C(C)N1CCNCC1. The van der Waals surface area contributed by atoms with Gasteiger partial charge in [0.05, 0.1) is 12.6 Å². The van der Waals surface area contributed by atoms with E-state index in [1.807, 2.05) is 31.2 Å². The average Bonchev–Trinajstić information content (AvgIpc) is 2.49. The molecule has 0 radical (unpaired) electrons. The maximum atomic E-state index is 12.4. The molecule has 1 aromatic carbocycles. The zero-order valence-corrected chi connectivity index (χ0v) is 12.2. The van der Waals surface area contributed by atoms with Crippen LogP contribution in [0.15, 0.2) is 24.3 Å². The lowest BCUT2D eigenvalue weighted by atomic mass is 10.1. The van der Waals surface area contributed by atoms with Crippen molar-refractivity contribution in [1.82, 2.24) is 10.2 Å². The molecule has 1 fully saturated rings. The number of piperazine rings is 1. The maximum Gasteiger partial charge on any atom is 0.241 e. The zero-order valence-electron chi connectivity index (χ0n) is 12.2. The van der Waals surface area contributed by atoms with E-state index in [0.717, 1.165) is 37.4 Å². The van der Waals surface area contributed by atoms with Crippen molar-refractivity contribution < 1.29 is 9.53 Å². The lowest BCUT2D eigenvalue weighted by Crippen LogP contribution is -2.51. The first-order valence-corrected chi connectivity index (χ1v) is 7.05. The molecule has 20 heavy (non-hydrogen) atoms. The highest BCUT2D eigenvalue weighted by molar-refractivity contribution is 5.95. The number of nitrogens with one attached hydrogen (secondary N) is 2. The molecule has 2 rings (SSSR count). The molecule has 1 aromatic rings. The number of amides is 1. The summed E-state index contributed by atoms with van der Waals surface area (Å²) in [4.78, 5) is 14.6. The van der Waals surface area contributed by atoms with Gasteiger partial charge in [0.1, 0.15) is 0 Å². The van der Waals surface area contributed by atoms with Crippen LogP contribution in [0.25, 0.3) is 0 Å². The Morgan fingerprint density at radius 3 is 2.80 bits per heavy atom. The number of carbonyl (C=O) groups excluding carboxylic acids is 1. The van der Waals surface area contributed by atoms with Crippen LogP contribution in [0.3, 0.4) is 0 Å². The van der Waals surface area contributed by atoms with Crippen LogP contribution in [-0.4, -0.2) is 50.1 Å². The van der Waals surface area contributed by atoms with E-state index in [0.29, 0.717) is 6.61 Å². The van der Waals surface area contributed by atoms with Crippen molar-refractivity contribution >= 4 is 11.6 Å². The van der Waals surface area contributed by atoms with Gasteiger partial charge in [0.2, 0.25) is 5.91 Å². The van der Waals surface area contributed by atoms with Crippen molar-refractivity contribution in [1.29, 1.82) is 0 Å². The Kier molecular flexibility index (Phi) is 5.52. The summed E-state index contributed by atoms with van der Waals surface area (Å²) in [6.45, 7) is 6.16. The Morgan fingerprint density at radius 1 is 1.40 bits per heavy atom. The van der Waals surface area contributed by atoms with Gasteiger partial charge in [-0.05, 0) is 13.0 Å². The summed E-state index contributed by atoms with van der Waals surface area (Å²) in [5.74, 6) is 0.0375. The number of hydrogen-bond acceptors (Lipinski definition) is 4. The Balaban J connectivity index is 1.99. The van der Waals surface area contributed by atoms with Crippen LogP contribution in [-0.2, 0) is 16.1 Å². The number of hydrogen-bond donors (Lipinski definition) is 2. The van der Waals surface area contributed by atoms with Crippen LogP contribution in [0.5, 0.6) is 0 Å². The summed E-state index contributed by atoms with van der Waals surface area (Å²) in [7, 11) is 1.65. The molecule has 1 saturated heterocycles. The Bertz CT molecular complexity index is 444. The van der Waals surface area contributed by atoms with Crippen LogP contribution in [0.2, 0.25) is 0 Å². The lowest BCUT2D eigenvalue weighted by molar-refractivity contribution is -0.120. The van der Waals surface area contributed by atoms with Gasteiger partial charge in [0, 0.05) is 44.5 Å². The van der Waals surface area contributed by atoms with Crippen molar-refractivity contribution in [3.8, 4) is 0 Å². The van der Waals surface area contributed by atoms with Crippen LogP contribution in [0.1, 0.15) is 12.5 Å². The highest BCUT2D eigenvalue weighted by Gasteiger charge is 2.23. The second kappa shape index (κ2) is 7.38. The number of methoxy groups -OCH3 is 1. The third-order valence-electron chi connectivity index (χ3n) is 3.65. The van der Waals surface area contributed by atoms with Gasteiger partial charge in [-0.2, -0.15) is 0 Å². The molecule has 5 heteroatoms. The monoisotopic (exact) mass is 277 g/mol. The van der Waals surface area contributed by atoms with Crippen LogP contribution < -0.4 is 10.6 Å². The Morgan fingerprint density at radius 2 is 2.10 bits per heavy atom. The van der Waals surface area contributed by atoms with E-state index >= 15 is 0 Å². The number of ether oxygens (including phenoxy) is 1. The van der Waals surface area contributed by atoms with Crippen molar-refractivity contribution in [3.63, 3.8) is 0 Å². The molecule has 2 N–H and O–H groups in total. The molecule has 0 aliphatic carbocycles. The van der Waals surface area contributed by atoms with Gasteiger partial charge in [-0.15, -0.1) is 0 Å². The number of rotatable bonds is 5. The summed E-state index contributed by atoms with van der Waals surface area (Å²) in [5.41, 5.74) is 1.83. The average molecular weight is 277 g/mol. The predicted molar refractivity (Wildman–Crippen MR) is 79.7 cm³/mol. The minimum absolute atomic E-state index is 0.0375. The number of nitrogens with zero attached hydrogens (tertiary/aromatic N) is 1. The van der Waals surface area contributed by atoms with Crippen molar-refractivity contribution in [3.05, 3.63) is 29.8 Å². The van der Waals surface area contributed by atoms with Crippen LogP contribution >= 0.6 is 0 Å². The Hall–Kier alpha value is -1.43. The summed E-state index contributed by atoms with van der Waals surface area (Å²) in [6, 6.07) is 7.63. The van der Waals surface area contributed by atoms with Gasteiger partial charge < -0.3 is 15.4 Å². The van der Waals surface area contributed by atoms with E-state index in [-0.39, 0.29) is 11.9 Å². The Labute approximate surface area is 120 Å². The molecule has 0 spiro atoms. The molecule has 1 heterocycles. The fraction of sp³-hybridized carbons (Fsp3) is 0.533. The highest BCUT2D eigenvalue weighted by Crippen LogP contribution is 2.16. The first-order valence-electron chi connectivity index (χ1n) is 7.05. The second-order valence-electron chi connectivity index (χ2n) is 5.04. The smallest absolute Gasteiger partial charge is 0.241 e. The topological polar surface area (TPSA) is 53.6 Å². The van der Waals surface area contributed by atoms with E-state index in [1.165, 1.54) is 0 Å². The summed E-state index contributed by atoms with van der Waals surface area (Å²) < 4.78 is 5.16.